The van der Waals surface area contributed by atoms with Crippen molar-refractivity contribution in [3.63, 3.8) is 0 Å². The van der Waals surface area contributed by atoms with E-state index in [1.807, 2.05) is 27.7 Å². The van der Waals surface area contributed by atoms with Crippen molar-refractivity contribution in [2.24, 2.45) is 5.41 Å². The van der Waals surface area contributed by atoms with Gasteiger partial charge in [-0.15, -0.1) is 0 Å². The van der Waals surface area contributed by atoms with Gasteiger partial charge in [0.1, 0.15) is 16.2 Å². The van der Waals surface area contributed by atoms with Crippen molar-refractivity contribution >= 4 is 34.4 Å². The highest BCUT2D eigenvalue weighted by molar-refractivity contribution is 8.13. The molecule has 0 saturated carbocycles. The lowest BCUT2D eigenvalue weighted by molar-refractivity contribution is -0.162. The molecule has 152 valence electrons. The molecule has 1 rings (SSSR count). The Morgan fingerprint density at radius 2 is 1.74 bits per heavy atom. The van der Waals surface area contributed by atoms with Gasteiger partial charge >= 0.3 is 5.97 Å². The summed E-state index contributed by atoms with van der Waals surface area (Å²) >= 11 is 7.34. The van der Waals surface area contributed by atoms with E-state index in [0.29, 0.717) is 12.1 Å². The fraction of sp³-hybridized carbons (Fsp3) is 0.700. The summed E-state index contributed by atoms with van der Waals surface area (Å²) in [5.41, 5.74) is -1.03. The van der Waals surface area contributed by atoms with Gasteiger partial charge in [-0.25, -0.2) is 4.98 Å². The first kappa shape index (κ1) is 23.9. The molecule has 1 unspecified atom stereocenters. The number of esters is 1. The molecule has 0 aromatic carbocycles. The molecule has 0 aliphatic rings. The smallest absolute Gasteiger partial charge is 0.318 e. The summed E-state index contributed by atoms with van der Waals surface area (Å²) in [5, 5.41) is 0.372. The van der Waals surface area contributed by atoms with Crippen molar-refractivity contribution in [1.82, 2.24) is 9.97 Å². The molecule has 0 aliphatic heterocycles. The minimum Gasteiger partial charge on any atom is -0.459 e. The molecule has 1 aromatic rings. The number of carbonyl (C=O) groups is 2. The molecular weight excluding hydrogens is 384 g/mol. The first-order valence-electron chi connectivity index (χ1n) is 9.10. The van der Waals surface area contributed by atoms with E-state index in [0.717, 1.165) is 18.6 Å². The molecule has 0 N–H and O–H groups in total. The fourth-order valence-corrected chi connectivity index (χ4v) is 3.51. The molecule has 5 nitrogen and oxygen atoms in total. The molecule has 1 heterocycles. The summed E-state index contributed by atoms with van der Waals surface area (Å²) in [6.45, 7) is 13.2. The van der Waals surface area contributed by atoms with E-state index in [-0.39, 0.29) is 21.7 Å². The third-order valence-corrected chi connectivity index (χ3v) is 5.73. The maximum atomic E-state index is 13.0. The predicted molar refractivity (Wildman–Crippen MR) is 111 cm³/mol. The number of hydrogen-bond acceptors (Lipinski definition) is 6. The van der Waals surface area contributed by atoms with E-state index in [2.05, 4.69) is 23.8 Å². The molecule has 0 radical (unpaired) electrons. The second-order valence-electron chi connectivity index (χ2n) is 8.86. The third-order valence-electron chi connectivity index (χ3n) is 4.22. The van der Waals surface area contributed by atoms with Crippen LogP contribution >= 0.6 is 23.4 Å². The molecule has 7 heteroatoms. The highest BCUT2D eigenvalue weighted by Gasteiger charge is 2.40. The highest BCUT2D eigenvalue weighted by Crippen LogP contribution is 2.35. The molecule has 0 spiro atoms. The van der Waals surface area contributed by atoms with Crippen molar-refractivity contribution in [3.05, 3.63) is 23.2 Å². The summed E-state index contributed by atoms with van der Waals surface area (Å²) in [4.78, 5) is 32.6. The van der Waals surface area contributed by atoms with E-state index in [1.165, 1.54) is 18.0 Å². The number of halogens is 1. The zero-order valence-corrected chi connectivity index (χ0v) is 19.0. The number of carbonyl (C=O) groups excluding carboxylic acids is 2. The van der Waals surface area contributed by atoms with Crippen LogP contribution in [0.4, 0.5) is 0 Å². The van der Waals surface area contributed by atoms with Crippen LogP contribution in [0.2, 0.25) is 5.15 Å². The van der Waals surface area contributed by atoms with Gasteiger partial charge in [0, 0.05) is 18.9 Å². The van der Waals surface area contributed by atoms with Crippen LogP contribution in [0.15, 0.2) is 12.4 Å². The van der Waals surface area contributed by atoms with Crippen molar-refractivity contribution in [2.45, 2.75) is 78.7 Å². The second-order valence-corrected chi connectivity index (χ2v) is 10.4. The average Bonchev–Trinajstić information content (AvgIpc) is 2.51. The van der Waals surface area contributed by atoms with Gasteiger partial charge in [-0.2, -0.15) is 0 Å². The number of hydrogen-bond donors (Lipinski definition) is 0. The van der Waals surface area contributed by atoms with Crippen LogP contribution in [0.25, 0.3) is 0 Å². The Hall–Kier alpha value is -1.14. The monoisotopic (exact) mass is 414 g/mol. The maximum absolute atomic E-state index is 13.0. The standard InChI is InChI=1S/C20H31ClN2O3S/c1-14(24)27-13-19(5,6)9-8-10-20(7,17(25)26-18(2,3)4)15-11-22-12-16(21)23-15/h11-12H,8-10,13H2,1-7H3. The summed E-state index contributed by atoms with van der Waals surface area (Å²) in [5.74, 6) is 0.421. The molecule has 27 heavy (non-hydrogen) atoms. The minimum absolute atomic E-state index is 0.00874. The zero-order valence-electron chi connectivity index (χ0n) is 17.4. The molecule has 0 bridgehead atoms. The van der Waals surface area contributed by atoms with Gasteiger partial charge in [-0.05, 0) is 46.0 Å². The number of thioether (sulfide) groups is 1. The highest BCUT2D eigenvalue weighted by atomic mass is 35.5. The van der Waals surface area contributed by atoms with Gasteiger partial charge in [-0.3, -0.25) is 14.6 Å². The summed E-state index contributed by atoms with van der Waals surface area (Å²) in [6, 6.07) is 0. The quantitative estimate of drug-likeness (QED) is 0.544. The van der Waals surface area contributed by atoms with Gasteiger partial charge in [0.25, 0.3) is 0 Å². The first-order chi connectivity index (χ1) is 12.3. The molecule has 0 fully saturated rings. The minimum atomic E-state index is -0.936. The van der Waals surface area contributed by atoms with Crippen LogP contribution in [-0.2, 0) is 19.7 Å². The first-order valence-corrected chi connectivity index (χ1v) is 10.5. The Morgan fingerprint density at radius 3 is 2.26 bits per heavy atom. The number of ether oxygens (including phenoxy) is 1. The van der Waals surface area contributed by atoms with Crippen molar-refractivity contribution in [3.8, 4) is 0 Å². The summed E-state index contributed by atoms with van der Waals surface area (Å²) < 4.78 is 5.66. The van der Waals surface area contributed by atoms with Crippen LogP contribution < -0.4 is 0 Å². The average molecular weight is 415 g/mol. The van der Waals surface area contributed by atoms with Crippen LogP contribution in [0.1, 0.15) is 73.4 Å². The van der Waals surface area contributed by atoms with Gasteiger partial charge in [0.2, 0.25) is 0 Å². The molecule has 0 aliphatic carbocycles. The third kappa shape index (κ3) is 8.18. The summed E-state index contributed by atoms with van der Waals surface area (Å²) in [6.07, 6.45) is 5.25. The SMILES string of the molecule is CC(=O)SCC(C)(C)CCCC(C)(C(=O)OC(C)(C)C)c1cncc(Cl)n1. The normalized spacial score (nSPS) is 14.5. The van der Waals surface area contributed by atoms with Crippen LogP contribution in [-0.4, -0.2) is 32.4 Å². The molecule has 1 aromatic heterocycles. The molecule has 0 amide bonds. The van der Waals surface area contributed by atoms with E-state index in [1.54, 1.807) is 13.1 Å². The van der Waals surface area contributed by atoms with E-state index < -0.39 is 11.0 Å². The van der Waals surface area contributed by atoms with Crippen molar-refractivity contribution < 1.29 is 14.3 Å². The predicted octanol–water partition coefficient (Wildman–Crippen LogP) is 5.21. The van der Waals surface area contributed by atoms with Gasteiger partial charge in [0.05, 0.1) is 11.9 Å². The second kappa shape index (κ2) is 9.37. The van der Waals surface area contributed by atoms with Crippen LogP contribution in [0, 0.1) is 5.41 Å². The Balaban J connectivity index is 2.96. The Morgan fingerprint density at radius 1 is 1.11 bits per heavy atom. The lowest BCUT2D eigenvalue weighted by Crippen LogP contribution is -2.40. The van der Waals surface area contributed by atoms with E-state index in [4.69, 9.17) is 16.3 Å². The topological polar surface area (TPSA) is 69.2 Å². The van der Waals surface area contributed by atoms with E-state index in [9.17, 15) is 9.59 Å². The summed E-state index contributed by atoms with van der Waals surface area (Å²) in [7, 11) is 0. The van der Waals surface area contributed by atoms with Crippen molar-refractivity contribution in [1.29, 1.82) is 0 Å². The van der Waals surface area contributed by atoms with Crippen LogP contribution in [0.3, 0.4) is 0 Å². The molecule has 1 atom stereocenters. The number of nitrogens with zero attached hydrogens (tertiary/aromatic N) is 2. The number of rotatable bonds is 8. The Bertz CT molecular complexity index is 673. The largest absolute Gasteiger partial charge is 0.459 e. The lowest BCUT2D eigenvalue weighted by Gasteiger charge is -2.32. The molecular formula is C20H31ClN2O3S. The Kier molecular flexibility index (Phi) is 8.30. The van der Waals surface area contributed by atoms with Gasteiger partial charge in [-0.1, -0.05) is 43.6 Å². The number of aromatic nitrogens is 2. The maximum Gasteiger partial charge on any atom is 0.318 e. The zero-order chi connectivity index (χ0) is 20.9. The fourth-order valence-electron chi connectivity index (χ4n) is 2.62. The van der Waals surface area contributed by atoms with Crippen LogP contribution in [0.5, 0.6) is 0 Å². The van der Waals surface area contributed by atoms with Gasteiger partial charge in [0.15, 0.2) is 5.12 Å². The lowest BCUT2D eigenvalue weighted by atomic mass is 9.79. The van der Waals surface area contributed by atoms with Gasteiger partial charge < -0.3 is 4.74 Å². The van der Waals surface area contributed by atoms with Crippen molar-refractivity contribution in [2.75, 3.05) is 5.75 Å². The van der Waals surface area contributed by atoms with E-state index >= 15 is 0 Å². The Labute approximate surface area is 172 Å². The molecule has 0 saturated heterocycles.